The van der Waals surface area contributed by atoms with E-state index in [1.165, 1.54) is 21.6 Å². The van der Waals surface area contributed by atoms with Crippen LogP contribution in [0.1, 0.15) is 0 Å². The fraction of sp³-hybridized carbons (Fsp3) is 0.200. The first-order valence-corrected chi connectivity index (χ1v) is 4.75. The number of hydrogen-bond donors (Lipinski definition) is 1. The van der Waals surface area contributed by atoms with E-state index in [-0.39, 0.29) is 0 Å². The lowest BCUT2D eigenvalue weighted by Crippen LogP contribution is -2.22. The summed E-state index contributed by atoms with van der Waals surface area (Å²) >= 11 is 0. The Hall–Kier alpha value is -0.420. The highest BCUT2D eigenvalue weighted by Crippen LogP contribution is 2.35. The second-order valence-electron chi connectivity index (χ2n) is 1.61. The molecule has 0 saturated carbocycles. The van der Waals surface area contributed by atoms with E-state index in [0.717, 1.165) is 0 Å². The number of ketones is 1. The van der Waals surface area contributed by atoms with E-state index in [4.69, 9.17) is 5.11 Å². The maximum Gasteiger partial charge on any atom is 0.373 e. The highest BCUT2D eigenvalue weighted by atomic mass is 33.1. The van der Waals surface area contributed by atoms with Crippen LogP contribution in [0.4, 0.5) is 0 Å². The van der Waals surface area contributed by atoms with Crippen molar-refractivity contribution in [1.82, 2.24) is 0 Å². The normalized spacial score (nSPS) is 23.0. The minimum atomic E-state index is -1.36. The van der Waals surface area contributed by atoms with Crippen LogP contribution in [0.25, 0.3) is 0 Å². The molecule has 0 radical (unpaired) electrons. The van der Waals surface area contributed by atoms with E-state index in [1.807, 2.05) is 0 Å². The Morgan fingerprint density at radius 3 is 2.60 bits per heavy atom. The van der Waals surface area contributed by atoms with Crippen LogP contribution in [0.3, 0.4) is 0 Å². The number of hydrogen-bond acceptors (Lipinski definition) is 4. The number of carboxylic acid groups (broad SMARTS) is 1. The van der Waals surface area contributed by atoms with Crippen LogP contribution in [-0.4, -0.2) is 22.1 Å². The molecule has 1 aliphatic rings. The summed E-state index contributed by atoms with van der Waals surface area (Å²) in [6.45, 7) is 0. The molecule has 54 valence electrons. The Balaban J connectivity index is 2.57. The lowest BCUT2D eigenvalue weighted by Gasteiger charge is -1.97. The zero-order valence-electron chi connectivity index (χ0n) is 4.81. The van der Waals surface area contributed by atoms with Crippen LogP contribution >= 0.6 is 21.6 Å². The molecule has 1 heterocycles. The molecule has 0 aliphatic carbocycles. The molecule has 1 atom stereocenters. The standard InChI is InChI=1S/C5H4O3S2/c6-4(5(7)8)3-1-2-9-10-3/h1-3H,(H,7,8). The monoisotopic (exact) mass is 176 g/mol. The SMILES string of the molecule is O=C(O)C(=O)C1C=CSS1. The Morgan fingerprint density at radius 1 is 1.50 bits per heavy atom. The van der Waals surface area contributed by atoms with Crippen molar-refractivity contribution in [3.8, 4) is 0 Å². The van der Waals surface area contributed by atoms with E-state index < -0.39 is 17.0 Å². The van der Waals surface area contributed by atoms with Gasteiger partial charge >= 0.3 is 5.97 Å². The van der Waals surface area contributed by atoms with Crippen LogP contribution in [0.5, 0.6) is 0 Å². The van der Waals surface area contributed by atoms with Gasteiger partial charge in [0.2, 0.25) is 0 Å². The molecule has 1 rings (SSSR count). The van der Waals surface area contributed by atoms with Crippen LogP contribution in [0.2, 0.25) is 0 Å². The molecule has 0 bridgehead atoms. The summed E-state index contributed by atoms with van der Waals surface area (Å²) in [5, 5.41) is 9.47. The summed E-state index contributed by atoms with van der Waals surface area (Å²) < 4.78 is 0. The van der Waals surface area contributed by atoms with Crippen molar-refractivity contribution < 1.29 is 14.7 Å². The summed E-state index contributed by atoms with van der Waals surface area (Å²) in [6, 6.07) is 0. The molecular formula is C5H4O3S2. The van der Waals surface area contributed by atoms with Gasteiger partial charge in [0.15, 0.2) is 0 Å². The predicted octanol–water partition coefficient (Wildman–Crippen LogP) is 0.917. The van der Waals surface area contributed by atoms with Crippen LogP contribution in [0, 0.1) is 0 Å². The molecule has 5 heteroatoms. The number of carbonyl (C=O) groups is 2. The molecule has 0 fully saturated rings. The first kappa shape index (κ1) is 7.68. The van der Waals surface area contributed by atoms with Crippen molar-refractivity contribution in [3.05, 3.63) is 11.5 Å². The van der Waals surface area contributed by atoms with Gasteiger partial charge in [-0.2, -0.15) is 0 Å². The van der Waals surface area contributed by atoms with E-state index >= 15 is 0 Å². The Kier molecular flexibility index (Phi) is 2.39. The van der Waals surface area contributed by atoms with E-state index in [9.17, 15) is 9.59 Å². The highest BCUT2D eigenvalue weighted by Gasteiger charge is 2.25. The van der Waals surface area contributed by atoms with Gasteiger partial charge in [-0.25, -0.2) is 4.79 Å². The summed E-state index contributed by atoms with van der Waals surface area (Å²) in [6.07, 6.45) is 1.59. The lowest BCUT2D eigenvalue weighted by molar-refractivity contribution is -0.148. The van der Waals surface area contributed by atoms with Crippen molar-refractivity contribution in [1.29, 1.82) is 0 Å². The van der Waals surface area contributed by atoms with Gasteiger partial charge < -0.3 is 5.11 Å². The van der Waals surface area contributed by atoms with Gasteiger partial charge in [0, 0.05) is 0 Å². The summed E-state index contributed by atoms with van der Waals surface area (Å²) in [5.41, 5.74) is 0. The number of aliphatic carboxylic acids is 1. The molecule has 1 aliphatic heterocycles. The first-order chi connectivity index (χ1) is 4.72. The minimum Gasteiger partial charge on any atom is -0.475 e. The van der Waals surface area contributed by atoms with Crippen LogP contribution in [-0.2, 0) is 9.59 Å². The van der Waals surface area contributed by atoms with E-state index in [1.54, 1.807) is 11.5 Å². The highest BCUT2D eigenvalue weighted by molar-refractivity contribution is 8.78. The molecule has 0 amide bonds. The van der Waals surface area contributed by atoms with Gasteiger partial charge in [0.05, 0.1) is 0 Å². The molecule has 0 saturated heterocycles. The molecule has 0 aromatic carbocycles. The van der Waals surface area contributed by atoms with Gasteiger partial charge in [-0.05, 0) is 5.41 Å². The third-order valence-corrected chi connectivity index (χ3v) is 3.18. The first-order valence-electron chi connectivity index (χ1n) is 2.48. The predicted molar refractivity (Wildman–Crippen MR) is 40.8 cm³/mol. The molecule has 1 N–H and O–H groups in total. The zero-order valence-corrected chi connectivity index (χ0v) is 6.45. The lowest BCUT2D eigenvalue weighted by atomic mass is 10.3. The van der Waals surface area contributed by atoms with Gasteiger partial charge in [-0.15, -0.1) is 0 Å². The quantitative estimate of drug-likeness (QED) is 0.500. The number of carboxylic acids is 1. The smallest absolute Gasteiger partial charge is 0.373 e. The van der Waals surface area contributed by atoms with Gasteiger partial charge in [0.25, 0.3) is 5.78 Å². The Morgan fingerprint density at radius 2 is 2.20 bits per heavy atom. The number of rotatable bonds is 2. The zero-order chi connectivity index (χ0) is 7.56. The summed E-state index contributed by atoms with van der Waals surface area (Å²) in [4.78, 5) is 20.7. The topological polar surface area (TPSA) is 54.4 Å². The molecular weight excluding hydrogens is 172 g/mol. The fourth-order valence-corrected chi connectivity index (χ4v) is 2.51. The average molecular weight is 176 g/mol. The van der Waals surface area contributed by atoms with E-state index in [2.05, 4.69) is 0 Å². The van der Waals surface area contributed by atoms with Crippen molar-refractivity contribution in [2.45, 2.75) is 5.25 Å². The third-order valence-electron chi connectivity index (χ3n) is 0.937. The Bertz CT molecular complexity index is 199. The van der Waals surface area contributed by atoms with Crippen LogP contribution in [0.15, 0.2) is 11.5 Å². The largest absolute Gasteiger partial charge is 0.475 e. The summed E-state index contributed by atoms with van der Waals surface area (Å²) in [5.74, 6) is -2.10. The Labute approximate surface area is 65.3 Å². The van der Waals surface area contributed by atoms with Gasteiger partial charge in [0.1, 0.15) is 5.25 Å². The minimum absolute atomic E-state index is 0.484. The van der Waals surface area contributed by atoms with Crippen LogP contribution < -0.4 is 0 Å². The van der Waals surface area contributed by atoms with Crippen molar-refractivity contribution in [3.63, 3.8) is 0 Å². The second kappa shape index (κ2) is 3.12. The second-order valence-corrected chi connectivity index (χ2v) is 3.93. The van der Waals surface area contributed by atoms with Crippen molar-refractivity contribution in [2.75, 3.05) is 0 Å². The summed E-state index contributed by atoms with van der Waals surface area (Å²) in [7, 11) is 2.63. The number of carbonyl (C=O) groups excluding carboxylic acids is 1. The van der Waals surface area contributed by atoms with Gasteiger partial charge in [-0.1, -0.05) is 27.7 Å². The molecule has 0 spiro atoms. The molecule has 10 heavy (non-hydrogen) atoms. The molecule has 0 aromatic heterocycles. The van der Waals surface area contributed by atoms with Gasteiger partial charge in [-0.3, -0.25) is 4.79 Å². The van der Waals surface area contributed by atoms with Crippen molar-refractivity contribution in [2.24, 2.45) is 0 Å². The maximum atomic E-state index is 10.7. The molecule has 3 nitrogen and oxygen atoms in total. The maximum absolute atomic E-state index is 10.7. The molecule has 1 unspecified atom stereocenters. The van der Waals surface area contributed by atoms with E-state index in [0.29, 0.717) is 0 Å². The molecule has 0 aromatic rings. The fourth-order valence-electron chi connectivity index (χ4n) is 0.480. The third kappa shape index (κ3) is 1.54. The average Bonchev–Trinajstić information content (AvgIpc) is 2.36. The van der Waals surface area contributed by atoms with Crippen molar-refractivity contribution >= 4 is 33.3 Å². The number of Topliss-reactive ketones (excluding diaryl/α,β-unsaturated/α-hetero) is 1.